The standard InChI is InChI=1S/C26H22ClIN2O2/c1-3-18-8-5-7-11-24(18)30-26(31)20(16-29)12-17-13-23(28)21(25(14-17)32-2)15-19-9-4-6-10-22(19)27/h4-14H,3,15H2,1-2H3,(H,30,31)/b20-12+. The monoisotopic (exact) mass is 556 g/mol. The molecule has 0 bridgehead atoms. The van der Waals surface area contributed by atoms with Crippen LogP contribution in [-0.2, 0) is 17.6 Å². The van der Waals surface area contributed by atoms with E-state index in [0.29, 0.717) is 28.4 Å². The number of aryl methyl sites for hydroxylation is 1. The lowest BCUT2D eigenvalue weighted by Gasteiger charge is -2.14. The summed E-state index contributed by atoms with van der Waals surface area (Å²) < 4.78 is 6.58. The molecule has 3 rings (SSSR count). The number of nitriles is 1. The molecular formula is C26H22ClIN2O2. The van der Waals surface area contributed by atoms with E-state index in [1.165, 1.54) is 0 Å². The van der Waals surface area contributed by atoms with Gasteiger partial charge in [0.05, 0.1) is 7.11 Å². The highest BCUT2D eigenvalue weighted by Gasteiger charge is 2.15. The summed E-state index contributed by atoms with van der Waals surface area (Å²) in [6.07, 6.45) is 2.97. The van der Waals surface area contributed by atoms with Gasteiger partial charge in [-0.3, -0.25) is 4.79 Å². The van der Waals surface area contributed by atoms with Crippen molar-refractivity contribution in [2.75, 3.05) is 12.4 Å². The van der Waals surface area contributed by atoms with Crippen molar-refractivity contribution in [3.8, 4) is 11.8 Å². The van der Waals surface area contributed by atoms with E-state index in [-0.39, 0.29) is 5.57 Å². The van der Waals surface area contributed by atoms with E-state index in [0.717, 1.165) is 26.7 Å². The van der Waals surface area contributed by atoms with E-state index in [4.69, 9.17) is 16.3 Å². The first-order valence-corrected chi connectivity index (χ1v) is 11.5. The number of rotatable bonds is 7. The Kier molecular flexibility index (Phi) is 8.32. The summed E-state index contributed by atoms with van der Waals surface area (Å²) in [6.45, 7) is 2.02. The Morgan fingerprint density at radius 3 is 2.50 bits per heavy atom. The first-order valence-electron chi connectivity index (χ1n) is 10.1. The fraction of sp³-hybridized carbons (Fsp3) is 0.154. The molecular weight excluding hydrogens is 535 g/mol. The average Bonchev–Trinajstić information content (AvgIpc) is 2.80. The number of halogens is 2. The van der Waals surface area contributed by atoms with Crippen molar-refractivity contribution >= 4 is 51.9 Å². The Morgan fingerprint density at radius 1 is 1.16 bits per heavy atom. The molecule has 0 radical (unpaired) electrons. The Hall–Kier alpha value is -2.82. The number of para-hydroxylation sites is 1. The van der Waals surface area contributed by atoms with Crippen molar-refractivity contribution in [1.29, 1.82) is 5.26 Å². The maximum atomic E-state index is 12.8. The number of ether oxygens (including phenoxy) is 1. The number of carbonyl (C=O) groups excluding carboxylic acids is 1. The predicted octanol–water partition coefficient (Wildman–Crippen LogP) is 6.65. The Labute approximate surface area is 207 Å². The summed E-state index contributed by atoms with van der Waals surface area (Å²) in [5.41, 5.74) is 4.46. The molecule has 0 unspecified atom stereocenters. The Bertz CT molecular complexity index is 1210. The van der Waals surface area contributed by atoms with Gasteiger partial charge in [0.25, 0.3) is 5.91 Å². The molecule has 0 saturated heterocycles. The van der Waals surface area contributed by atoms with Gasteiger partial charge in [-0.05, 0) is 76.0 Å². The third-order valence-corrected chi connectivity index (χ3v) is 6.38. The highest BCUT2D eigenvalue weighted by Crippen LogP contribution is 2.31. The number of methoxy groups -OCH3 is 1. The van der Waals surface area contributed by atoms with Gasteiger partial charge < -0.3 is 10.1 Å². The van der Waals surface area contributed by atoms with Crippen LogP contribution in [0.5, 0.6) is 5.75 Å². The molecule has 0 spiro atoms. The topological polar surface area (TPSA) is 62.1 Å². The van der Waals surface area contributed by atoms with E-state index in [1.807, 2.05) is 73.7 Å². The van der Waals surface area contributed by atoms with Gasteiger partial charge in [-0.2, -0.15) is 5.26 Å². The van der Waals surface area contributed by atoms with Gasteiger partial charge in [0.1, 0.15) is 17.4 Å². The van der Waals surface area contributed by atoms with Gasteiger partial charge in [0.15, 0.2) is 0 Å². The van der Waals surface area contributed by atoms with Crippen LogP contribution in [0.1, 0.15) is 29.2 Å². The molecule has 1 amide bonds. The largest absolute Gasteiger partial charge is 0.496 e. The maximum absolute atomic E-state index is 12.8. The third-order valence-electron chi connectivity index (χ3n) is 5.04. The van der Waals surface area contributed by atoms with Crippen LogP contribution in [-0.4, -0.2) is 13.0 Å². The van der Waals surface area contributed by atoms with Crippen LogP contribution in [0.4, 0.5) is 5.69 Å². The maximum Gasteiger partial charge on any atom is 0.266 e. The van der Waals surface area contributed by atoms with Crippen molar-refractivity contribution in [3.63, 3.8) is 0 Å². The lowest BCUT2D eigenvalue weighted by atomic mass is 10.0. The molecule has 3 aromatic rings. The zero-order chi connectivity index (χ0) is 23.1. The summed E-state index contributed by atoms with van der Waals surface area (Å²) in [4.78, 5) is 12.8. The quantitative estimate of drug-likeness (QED) is 0.201. The fourth-order valence-electron chi connectivity index (χ4n) is 3.36. The second-order valence-electron chi connectivity index (χ2n) is 7.09. The molecule has 4 nitrogen and oxygen atoms in total. The van der Waals surface area contributed by atoms with Gasteiger partial charge >= 0.3 is 0 Å². The number of carbonyl (C=O) groups is 1. The van der Waals surface area contributed by atoms with Crippen molar-refractivity contribution < 1.29 is 9.53 Å². The van der Waals surface area contributed by atoms with E-state index in [2.05, 4.69) is 27.9 Å². The van der Waals surface area contributed by atoms with Crippen molar-refractivity contribution in [3.05, 3.63) is 97.1 Å². The molecule has 1 N–H and O–H groups in total. The fourth-order valence-corrected chi connectivity index (χ4v) is 4.37. The van der Waals surface area contributed by atoms with Crippen LogP contribution in [0.15, 0.2) is 66.2 Å². The van der Waals surface area contributed by atoms with Gasteiger partial charge in [-0.25, -0.2) is 0 Å². The first-order chi connectivity index (χ1) is 15.5. The lowest BCUT2D eigenvalue weighted by molar-refractivity contribution is -0.112. The second kappa shape index (κ2) is 11.2. The number of hydrogen-bond donors (Lipinski definition) is 1. The number of hydrogen-bond acceptors (Lipinski definition) is 3. The highest BCUT2D eigenvalue weighted by molar-refractivity contribution is 14.1. The van der Waals surface area contributed by atoms with E-state index < -0.39 is 5.91 Å². The molecule has 0 aromatic heterocycles. The summed E-state index contributed by atoms with van der Waals surface area (Å²) in [5, 5.41) is 13.2. The number of benzene rings is 3. The Balaban J connectivity index is 1.91. The average molecular weight is 557 g/mol. The minimum atomic E-state index is -0.442. The molecule has 3 aromatic carbocycles. The summed E-state index contributed by atoms with van der Waals surface area (Å²) >= 11 is 8.57. The van der Waals surface area contributed by atoms with Gasteiger partial charge in [0.2, 0.25) is 0 Å². The third kappa shape index (κ3) is 5.70. The minimum Gasteiger partial charge on any atom is -0.496 e. The smallest absolute Gasteiger partial charge is 0.266 e. The minimum absolute atomic E-state index is 0.0209. The zero-order valence-corrected chi connectivity index (χ0v) is 20.7. The number of nitrogens with zero attached hydrogens (tertiary/aromatic N) is 1. The number of amides is 1. The van der Waals surface area contributed by atoms with Crippen LogP contribution in [0.3, 0.4) is 0 Å². The zero-order valence-electron chi connectivity index (χ0n) is 17.8. The summed E-state index contributed by atoms with van der Waals surface area (Å²) in [6, 6.07) is 21.0. The van der Waals surface area contributed by atoms with Crippen molar-refractivity contribution in [1.82, 2.24) is 0 Å². The van der Waals surface area contributed by atoms with Gasteiger partial charge in [-0.15, -0.1) is 0 Å². The first kappa shape index (κ1) is 23.8. The van der Waals surface area contributed by atoms with Crippen LogP contribution in [0, 0.1) is 14.9 Å². The molecule has 0 aliphatic heterocycles. The van der Waals surface area contributed by atoms with Crippen LogP contribution < -0.4 is 10.1 Å². The molecule has 0 atom stereocenters. The molecule has 0 heterocycles. The van der Waals surface area contributed by atoms with Crippen LogP contribution in [0.25, 0.3) is 6.08 Å². The molecule has 0 aliphatic carbocycles. The SMILES string of the molecule is CCc1ccccc1NC(=O)/C(C#N)=C/c1cc(I)c(Cc2ccccc2Cl)c(OC)c1. The Morgan fingerprint density at radius 2 is 1.84 bits per heavy atom. The van der Waals surface area contributed by atoms with Crippen LogP contribution in [0.2, 0.25) is 5.02 Å². The summed E-state index contributed by atoms with van der Waals surface area (Å²) in [5.74, 6) is 0.236. The van der Waals surface area contributed by atoms with Gasteiger partial charge in [0, 0.05) is 26.3 Å². The normalized spacial score (nSPS) is 11.0. The van der Waals surface area contributed by atoms with Crippen molar-refractivity contribution in [2.24, 2.45) is 0 Å². The lowest BCUT2D eigenvalue weighted by Crippen LogP contribution is -2.14. The summed E-state index contributed by atoms with van der Waals surface area (Å²) in [7, 11) is 1.61. The van der Waals surface area contributed by atoms with Crippen molar-refractivity contribution in [2.45, 2.75) is 19.8 Å². The molecule has 162 valence electrons. The number of nitrogens with one attached hydrogen (secondary N) is 1. The van der Waals surface area contributed by atoms with E-state index in [1.54, 1.807) is 13.2 Å². The predicted molar refractivity (Wildman–Crippen MR) is 138 cm³/mol. The molecule has 0 fully saturated rings. The van der Waals surface area contributed by atoms with Gasteiger partial charge in [-0.1, -0.05) is 54.9 Å². The number of anilines is 1. The van der Waals surface area contributed by atoms with E-state index in [9.17, 15) is 10.1 Å². The second-order valence-corrected chi connectivity index (χ2v) is 8.66. The molecule has 6 heteroatoms. The molecule has 0 aliphatic rings. The highest BCUT2D eigenvalue weighted by atomic mass is 127. The molecule has 0 saturated carbocycles. The van der Waals surface area contributed by atoms with Crippen LogP contribution >= 0.6 is 34.2 Å². The molecule has 32 heavy (non-hydrogen) atoms. The van der Waals surface area contributed by atoms with E-state index >= 15 is 0 Å².